The lowest BCUT2D eigenvalue weighted by Crippen LogP contribution is -2.22. The molecule has 1 N–H and O–H groups in total. The normalized spacial score (nSPS) is 14.5. The summed E-state index contributed by atoms with van der Waals surface area (Å²) in [6, 6.07) is 9.95. The minimum absolute atomic E-state index is 0.709. The van der Waals surface area contributed by atoms with Crippen molar-refractivity contribution in [1.82, 2.24) is 5.32 Å². The summed E-state index contributed by atoms with van der Waals surface area (Å²) >= 11 is 0. The first-order valence-electron chi connectivity index (χ1n) is 8.13. The van der Waals surface area contributed by atoms with E-state index < -0.39 is 0 Å². The van der Waals surface area contributed by atoms with Crippen LogP contribution in [0.2, 0.25) is 0 Å². The summed E-state index contributed by atoms with van der Waals surface area (Å²) in [4.78, 5) is 0. The summed E-state index contributed by atoms with van der Waals surface area (Å²) in [6.45, 7) is 0.877. The van der Waals surface area contributed by atoms with Gasteiger partial charge in [0, 0.05) is 17.8 Å². The topological polar surface area (TPSA) is 49.0 Å². The van der Waals surface area contributed by atoms with Crippen molar-refractivity contribution in [2.45, 2.75) is 6.42 Å². The predicted molar refractivity (Wildman–Crippen MR) is 98.7 cm³/mol. The van der Waals surface area contributed by atoms with E-state index in [9.17, 15) is 0 Å². The second kappa shape index (κ2) is 7.38. The predicted octanol–water partition coefficient (Wildman–Crippen LogP) is 3.36. The Kier molecular flexibility index (Phi) is 5.03. The van der Waals surface area contributed by atoms with Gasteiger partial charge in [-0.25, -0.2) is 0 Å². The summed E-state index contributed by atoms with van der Waals surface area (Å²) in [7, 11) is 6.58. The van der Waals surface area contributed by atoms with Crippen LogP contribution in [0.15, 0.2) is 30.3 Å². The van der Waals surface area contributed by atoms with Crippen LogP contribution in [-0.2, 0) is 6.42 Å². The smallest absolute Gasteiger partial charge is 0.161 e. The lowest BCUT2D eigenvalue weighted by Gasteiger charge is -2.23. The molecule has 0 spiro atoms. The standard InChI is InChI=1S/C20H23NO4/c1-22-17-6-5-13(10-18(17)23-2)9-16-15-12-20(25-4)19(24-3)11-14(15)7-8-21-16/h5-6,9-12,21H,7-8H2,1-4H3. The van der Waals surface area contributed by atoms with Crippen LogP contribution >= 0.6 is 0 Å². The van der Waals surface area contributed by atoms with Gasteiger partial charge in [0.15, 0.2) is 23.0 Å². The van der Waals surface area contributed by atoms with E-state index in [-0.39, 0.29) is 0 Å². The first-order valence-corrected chi connectivity index (χ1v) is 8.13. The van der Waals surface area contributed by atoms with E-state index in [0.29, 0.717) is 11.5 Å². The minimum Gasteiger partial charge on any atom is -0.493 e. The van der Waals surface area contributed by atoms with Crippen LogP contribution in [0.3, 0.4) is 0 Å². The highest BCUT2D eigenvalue weighted by Crippen LogP contribution is 2.36. The van der Waals surface area contributed by atoms with Gasteiger partial charge in [-0.15, -0.1) is 0 Å². The maximum Gasteiger partial charge on any atom is 0.161 e. The van der Waals surface area contributed by atoms with Gasteiger partial charge in [0.2, 0.25) is 0 Å². The molecule has 2 aromatic rings. The molecule has 0 saturated heterocycles. The third-order valence-corrected chi connectivity index (χ3v) is 4.33. The largest absolute Gasteiger partial charge is 0.493 e. The van der Waals surface area contributed by atoms with Crippen molar-refractivity contribution in [3.8, 4) is 23.0 Å². The van der Waals surface area contributed by atoms with Gasteiger partial charge in [-0.3, -0.25) is 0 Å². The molecule has 0 fully saturated rings. The second-order valence-electron chi connectivity index (χ2n) is 5.71. The number of hydrogen-bond donors (Lipinski definition) is 1. The molecule has 1 heterocycles. The summed E-state index contributed by atoms with van der Waals surface area (Å²) in [5.41, 5.74) is 4.44. The van der Waals surface area contributed by atoms with Crippen molar-refractivity contribution in [2.24, 2.45) is 0 Å². The average Bonchev–Trinajstić information content (AvgIpc) is 2.66. The van der Waals surface area contributed by atoms with Gasteiger partial charge in [0.05, 0.1) is 28.4 Å². The zero-order valence-electron chi connectivity index (χ0n) is 15.0. The van der Waals surface area contributed by atoms with E-state index in [4.69, 9.17) is 18.9 Å². The van der Waals surface area contributed by atoms with Gasteiger partial charge in [-0.2, -0.15) is 0 Å². The zero-order chi connectivity index (χ0) is 17.8. The summed E-state index contributed by atoms with van der Waals surface area (Å²) in [6.07, 6.45) is 3.05. The number of hydrogen-bond acceptors (Lipinski definition) is 5. The summed E-state index contributed by atoms with van der Waals surface area (Å²) < 4.78 is 21.6. The number of benzene rings is 2. The third kappa shape index (κ3) is 3.36. The number of methoxy groups -OCH3 is 4. The van der Waals surface area contributed by atoms with Crippen molar-refractivity contribution >= 4 is 11.8 Å². The fourth-order valence-corrected chi connectivity index (χ4v) is 3.04. The monoisotopic (exact) mass is 341 g/mol. The Morgan fingerprint density at radius 1 is 0.800 bits per heavy atom. The molecule has 5 nitrogen and oxygen atoms in total. The zero-order valence-corrected chi connectivity index (χ0v) is 15.0. The molecule has 0 unspecified atom stereocenters. The summed E-state index contributed by atoms with van der Waals surface area (Å²) in [5.74, 6) is 2.91. The molecule has 5 heteroatoms. The molecule has 0 bridgehead atoms. The SMILES string of the molecule is COc1ccc(C=C2NCCc3cc(OC)c(OC)cc32)cc1OC. The maximum absolute atomic E-state index is 5.45. The number of rotatable bonds is 5. The van der Waals surface area contributed by atoms with Crippen molar-refractivity contribution in [1.29, 1.82) is 0 Å². The molecule has 0 amide bonds. The Labute approximate surface area is 148 Å². The molecule has 3 rings (SSSR count). The maximum atomic E-state index is 5.45. The van der Waals surface area contributed by atoms with Crippen LogP contribution in [0.5, 0.6) is 23.0 Å². The van der Waals surface area contributed by atoms with Crippen molar-refractivity contribution in [3.63, 3.8) is 0 Å². The van der Waals surface area contributed by atoms with Crippen molar-refractivity contribution in [3.05, 3.63) is 47.0 Å². The number of ether oxygens (including phenoxy) is 4. The Balaban J connectivity index is 2.04. The average molecular weight is 341 g/mol. The van der Waals surface area contributed by atoms with Gasteiger partial charge >= 0.3 is 0 Å². The second-order valence-corrected chi connectivity index (χ2v) is 5.71. The quantitative estimate of drug-likeness (QED) is 0.904. The third-order valence-electron chi connectivity index (χ3n) is 4.33. The van der Waals surface area contributed by atoms with Crippen LogP contribution in [0.1, 0.15) is 16.7 Å². The molecule has 1 aliphatic heterocycles. The van der Waals surface area contributed by atoms with Gasteiger partial charge in [-0.05, 0) is 47.9 Å². The first kappa shape index (κ1) is 17.0. The van der Waals surface area contributed by atoms with Crippen LogP contribution in [0, 0.1) is 0 Å². The Morgan fingerprint density at radius 3 is 2.12 bits per heavy atom. The Bertz CT molecular complexity index is 799. The molecule has 132 valence electrons. The van der Waals surface area contributed by atoms with Crippen LogP contribution in [0.4, 0.5) is 0 Å². The van der Waals surface area contributed by atoms with Gasteiger partial charge in [-0.1, -0.05) is 6.07 Å². The molecular formula is C20H23NO4. The lowest BCUT2D eigenvalue weighted by molar-refractivity contribution is 0.354. The number of nitrogens with one attached hydrogen (secondary N) is 1. The van der Waals surface area contributed by atoms with Crippen LogP contribution in [0.25, 0.3) is 11.8 Å². The molecule has 0 saturated carbocycles. The molecule has 0 radical (unpaired) electrons. The number of fused-ring (bicyclic) bond motifs is 1. The Morgan fingerprint density at radius 2 is 1.44 bits per heavy atom. The van der Waals surface area contributed by atoms with Crippen LogP contribution in [-0.4, -0.2) is 35.0 Å². The van der Waals surface area contributed by atoms with E-state index in [0.717, 1.165) is 41.3 Å². The lowest BCUT2D eigenvalue weighted by atomic mass is 9.96. The van der Waals surface area contributed by atoms with Crippen molar-refractivity contribution in [2.75, 3.05) is 35.0 Å². The highest BCUT2D eigenvalue weighted by atomic mass is 16.5. The molecule has 1 aliphatic rings. The summed E-state index contributed by atoms with van der Waals surface area (Å²) in [5, 5.41) is 3.47. The minimum atomic E-state index is 0.709. The van der Waals surface area contributed by atoms with Gasteiger partial charge < -0.3 is 24.3 Å². The van der Waals surface area contributed by atoms with E-state index in [1.165, 1.54) is 5.56 Å². The molecular weight excluding hydrogens is 318 g/mol. The van der Waals surface area contributed by atoms with E-state index >= 15 is 0 Å². The molecule has 25 heavy (non-hydrogen) atoms. The van der Waals surface area contributed by atoms with Gasteiger partial charge in [0.1, 0.15) is 0 Å². The first-order chi connectivity index (χ1) is 12.2. The molecule has 0 atom stereocenters. The molecule has 0 aliphatic carbocycles. The molecule has 0 aromatic heterocycles. The highest BCUT2D eigenvalue weighted by molar-refractivity contribution is 5.84. The molecule has 2 aromatic carbocycles. The van der Waals surface area contributed by atoms with Crippen LogP contribution < -0.4 is 24.3 Å². The van der Waals surface area contributed by atoms with Crippen molar-refractivity contribution < 1.29 is 18.9 Å². The fraction of sp³-hybridized carbons (Fsp3) is 0.300. The highest BCUT2D eigenvalue weighted by Gasteiger charge is 2.18. The van der Waals surface area contributed by atoms with E-state index in [2.05, 4.69) is 17.5 Å². The fourth-order valence-electron chi connectivity index (χ4n) is 3.04. The van der Waals surface area contributed by atoms with E-state index in [1.54, 1.807) is 28.4 Å². The Hall–Kier alpha value is -2.82. The van der Waals surface area contributed by atoms with Gasteiger partial charge in [0.25, 0.3) is 0 Å². The van der Waals surface area contributed by atoms with E-state index in [1.807, 2.05) is 24.3 Å².